The van der Waals surface area contributed by atoms with Crippen molar-refractivity contribution in [3.63, 3.8) is 0 Å². The highest BCUT2D eigenvalue weighted by atomic mass is 35.5. The van der Waals surface area contributed by atoms with Gasteiger partial charge in [-0.25, -0.2) is 4.39 Å². The van der Waals surface area contributed by atoms with Crippen LogP contribution in [0.2, 0.25) is 10.0 Å². The molecule has 0 aliphatic heterocycles. The predicted molar refractivity (Wildman–Crippen MR) is 67.3 cm³/mol. The minimum atomic E-state index is -0.429. The summed E-state index contributed by atoms with van der Waals surface area (Å²) in [6, 6.07) is 8.85. The monoisotopic (exact) mass is 271 g/mol. The largest absolute Gasteiger partial charge is 0.454 e. The van der Waals surface area contributed by atoms with Crippen molar-refractivity contribution in [2.75, 3.05) is 5.73 Å². The second-order valence-electron chi connectivity index (χ2n) is 3.33. The first-order valence-electron chi connectivity index (χ1n) is 4.75. The second kappa shape index (κ2) is 4.82. The fourth-order valence-corrected chi connectivity index (χ4v) is 1.65. The first kappa shape index (κ1) is 12.0. The van der Waals surface area contributed by atoms with Crippen LogP contribution in [-0.4, -0.2) is 0 Å². The third-order valence-corrected chi connectivity index (χ3v) is 2.75. The normalized spacial score (nSPS) is 10.3. The summed E-state index contributed by atoms with van der Waals surface area (Å²) >= 11 is 11.7. The fourth-order valence-electron chi connectivity index (χ4n) is 1.28. The van der Waals surface area contributed by atoms with Crippen LogP contribution in [0.25, 0.3) is 0 Å². The zero-order valence-electron chi connectivity index (χ0n) is 8.58. The van der Waals surface area contributed by atoms with Gasteiger partial charge in [0.05, 0.1) is 15.7 Å². The van der Waals surface area contributed by atoms with Crippen LogP contribution in [0.3, 0.4) is 0 Å². The van der Waals surface area contributed by atoms with Crippen LogP contribution >= 0.6 is 23.2 Å². The third-order valence-electron chi connectivity index (χ3n) is 2.13. The van der Waals surface area contributed by atoms with Gasteiger partial charge in [0.15, 0.2) is 5.75 Å². The molecule has 5 heteroatoms. The van der Waals surface area contributed by atoms with Crippen molar-refractivity contribution in [1.82, 2.24) is 0 Å². The summed E-state index contributed by atoms with van der Waals surface area (Å²) in [7, 11) is 0. The minimum Gasteiger partial charge on any atom is -0.454 e. The lowest BCUT2D eigenvalue weighted by molar-refractivity contribution is 0.483. The van der Waals surface area contributed by atoms with Gasteiger partial charge in [0.2, 0.25) is 0 Å². The molecule has 2 aromatic rings. The van der Waals surface area contributed by atoms with Gasteiger partial charge in [-0.05, 0) is 30.3 Å². The van der Waals surface area contributed by atoms with Crippen molar-refractivity contribution in [3.8, 4) is 11.5 Å². The van der Waals surface area contributed by atoms with Gasteiger partial charge in [0, 0.05) is 0 Å². The number of rotatable bonds is 2. The molecule has 2 N–H and O–H groups in total. The molecule has 0 saturated carbocycles. The lowest BCUT2D eigenvalue weighted by Crippen LogP contribution is -1.93. The van der Waals surface area contributed by atoms with E-state index in [0.29, 0.717) is 22.2 Å². The predicted octanol–water partition coefficient (Wildman–Crippen LogP) is 4.51. The van der Waals surface area contributed by atoms with E-state index in [-0.39, 0.29) is 5.02 Å². The third kappa shape index (κ3) is 2.62. The summed E-state index contributed by atoms with van der Waals surface area (Å²) in [6.07, 6.45) is 0. The Morgan fingerprint density at radius 1 is 1.00 bits per heavy atom. The zero-order chi connectivity index (χ0) is 12.4. The standard InChI is InChI=1S/C12H8Cl2FNO/c13-8-2-1-3-11(12(8)16)17-10-5-4-7(15)6-9(10)14/h1-6H,16H2. The summed E-state index contributed by atoms with van der Waals surface area (Å²) < 4.78 is 18.3. The van der Waals surface area contributed by atoms with Crippen LogP contribution < -0.4 is 10.5 Å². The molecule has 0 aliphatic carbocycles. The van der Waals surface area contributed by atoms with E-state index in [2.05, 4.69) is 0 Å². The summed E-state index contributed by atoms with van der Waals surface area (Å²) in [5, 5.41) is 0.560. The Labute approximate surface area is 108 Å². The number of nitrogens with two attached hydrogens (primary N) is 1. The molecule has 0 fully saturated rings. The highest BCUT2D eigenvalue weighted by Crippen LogP contribution is 2.35. The van der Waals surface area contributed by atoms with Gasteiger partial charge < -0.3 is 10.5 Å². The molecule has 0 saturated heterocycles. The molecule has 0 bridgehead atoms. The smallest absolute Gasteiger partial charge is 0.151 e. The van der Waals surface area contributed by atoms with E-state index < -0.39 is 5.82 Å². The van der Waals surface area contributed by atoms with E-state index in [9.17, 15) is 4.39 Å². The van der Waals surface area contributed by atoms with Gasteiger partial charge in [-0.1, -0.05) is 29.3 Å². The van der Waals surface area contributed by atoms with E-state index in [1.54, 1.807) is 18.2 Å². The van der Waals surface area contributed by atoms with E-state index >= 15 is 0 Å². The van der Waals surface area contributed by atoms with E-state index in [0.717, 1.165) is 6.07 Å². The molecule has 0 amide bonds. The van der Waals surface area contributed by atoms with Crippen LogP contribution in [0.1, 0.15) is 0 Å². The van der Waals surface area contributed by atoms with Gasteiger partial charge in [0.25, 0.3) is 0 Å². The average molecular weight is 272 g/mol. The van der Waals surface area contributed by atoms with Crippen molar-refractivity contribution in [1.29, 1.82) is 0 Å². The molecule has 0 aliphatic rings. The fraction of sp³-hybridized carbons (Fsp3) is 0. The van der Waals surface area contributed by atoms with Crippen molar-refractivity contribution in [3.05, 3.63) is 52.3 Å². The number of para-hydroxylation sites is 1. The van der Waals surface area contributed by atoms with E-state index in [1.165, 1.54) is 12.1 Å². The van der Waals surface area contributed by atoms with Crippen LogP contribution in [0, 0.1) is 5.82 Å². The Morgan fingerprint density at radius 3 is 2.47 bits per heavy atom. The Balaban J connectivity index is 2.35. The molecule has 17 heavy (non-hydrogen) atoms. The van der Waals surface area contributed by atoms with Crippen LogP contribution in [-0.2, 0) is 0 Å². The van der Waals surface area contributed by atoms with Crippen molar-refractivity contribution in [2.45, 2.75) is 0 Å². The highest BCUT2D eigenvalue weighted by Gasteiger charge is 2.08. The number of hydrogen-bond donors (Lipinski definition) is 1. The maximum Gasteiger partial charge on any atom is 0.151 e. The number of nitrogen functional groups attached to an aromatic ring is 1. The van der Waals surface area contributed by atoms with Crippen LogP contribution in [0.15, 0.2) is 36.4 Å². The molecule has 2 nitrogen and oxygen atoms in total. The number of hydrogen-bond acceptors (Lipinski definition) is 2. The van der Waals surface area contributed by atoms with Gasteiger partial charge in [-0.3, -0.25) is 0 Å². The van der Waals surface area contributed by atoms with E-state index in [4.69, 9.17) is 33.7 Å². The van der Waals surface area contributed by atoms with Gasteiger partial charge in [0.1, 0.15) is 11.6 Å². The van der Waals surface area contributed by atoms with Gasteiger partial charge in [-0.15, -0.1) is 0 Å². The molecule has 0 unspecified atom stereocenters. The molecular formula is C12H8Cl2FNO. The Morgan fingerprint density at radius 2 is 1.76 bits per heavy atom. The molecule has 0 aromatic heterocycles. The van der Waals surface area contributed by atoms with Crippen LogP contribution in [0.4, 0.5) is 10.1 Å². The lowest BCUT2D eigenvalue weighted by atomic mass is 10.3. The molecule has 0 atom stereocenters. The van der Waals surface area contributed by atoms with E-state index in [1.807, 2.05) is 0 Å². The Bertz CT molecular complexity index is 560. The first-order chi connectivity index (χ1) is 8.08. The molecular weight excluding hydrogens is 264 g/mol. The topological polar surface area (TPSA) is 35.2 Å². The Kier molecular flexibility index (Phi) is 3.41. The second-order valence-corrected chi connectivity index (χ2v) is 4.14. The number of anilines is 1. The molecule has 0 heterocycles. The van der Waals surface area contributed by atoms with Crippen molar-refractivity contribution >= 4 is 28.9 Å². The highest BCUT2D eigenvalue weighted by molar-refractivity contribution is 6.33. The zero-order valence-corrected chi connectivity index (χ0v) is 10.1. The van der Waals surface area contributed by atoms with Gasteiger partial charge in [-0.2, -0.15) is 0 Å². The number of ether oxygens (including phenoxy) is 1. The SMILES string of the molecule is Nc1c(Cl)cccc1Oc1ccc(F)cc1Cl. The average Bonchev–Trinajstić information content (AvgIpc) is 2.28. The Hall–Kier alpha value is -1.45. The molecule has 0 spiro atoms. The quantitative estimate of drug-likeness (QED) is 0.816. The van der Waals surface area contributed by atoms with Gasteiger partial charge >= 0.3 is 0 Å². The lowest BCUT2D eigenvalue weighted by Gasteiger charge is -2.10. The van der Waals surface area contributed by atoms with Crippen molar-refractivity contribution in [2.24, 2.45) is 0 Å². The molecule has 0 radical (unpaired) electrons. The first-order valence-corrected chi connectivity index (χ1v) is 5.50. The molecule has 2 rings (SSSR count). The number of halogens is 3. The van der Waals surface area contributed by atoms with Crippen molar-refractivity contribution < 1.29 is 9.13 Å². The maximum atomic E-state index is 12.8. The summed E-state index contributed by atoms with van der Waals surface area (Å²) in [5.41, 5.74) is 6.05. The summed E-state index contributed by atoms with van der Waals surface area (Å²) in [4.78, 5) is 0. The number of benzene rings is 2. The minimum absolute atomic E-state index is 0.171. The maximum absolute atomic E-state index is 12.8. The summed E-state index contributed by atoms with van der Waals surface area (Å²) in [6.45, 7) is 0. The molecule has 88 valence electrons. The molecule has 2 aromatic carbocycles. The summed E-state index contributed by atoms with van der Waals surface area (Å²) in [5.74, 6) is 0.273. The van der Waals surface area contributed by atoms with Crippen LogP contribution in [0.5, 0.6) is 11.5 Å².